The summed E-state index contributed by atoms with van der Waals surface area (Å²) >= 11 is 0. The van der Waals surface area contributed by atoms with Gasteiger partial charge in [0.15, 0.2) is 5.78 Å². The molecule has 0 fully saturated rings. The number of hydrogen-bond acceptors (Lipinski definition) is 4. The Balaban J connectivity index is 1.92. The van der Waals surface area contributed by atoms with Gasteiger partial charge in [-0.3, -0.25) is 9.59 Å². The van der Waals surface area contributed by atoms with Gasteiger partial charge in [0, 0.05) is 23.9 Å². The van der Waals surface area contributed by atoms with Gasteiger partial charge in [-0.15, -0.1) is 0 Å². The van der Waals surface area contributed by atoms with Crippen LogP contribution in [-0.2, 0) is 9.53 Å². The average molecular weight is 379 g/mol. The van der Waals surface area contributed by atoms with E-state index < -0.39 is 17.9 Å². The van der Waals surface area contributed by atoms with Gasteiger partial charge in [0.1, 0.15) is 0 Å². The zero-order valence-electron chi connectivity index (χ0n) is 15.7. The van der Waals surface area contributed by atoms with E-state index in [1.807, 2.05) is 30.3 Å². The van der Waals surface area contributed by atoms with Crippen molar-refractivity contribution >= 4 is 28.5 Å². The highest BCUT2D eigenvalue weighted by molar-refractivity contribution is 6.03. The Morgan fingerprint density at radius 2 is 1.82 bits per heavy atom. The Bertz CT molecular complexity index is 1050. The van der Waals surface area contributed by atoms with Crippen molar-refractivity contribution in [3.63, 3.8) is 0 Å². The average Bonchev–Trinajstić information content (AvgIpc) is 3.06. The number of ketones is 1. The molecule has 1 atom stereocenters. The van der Waals surface area contributed by atoms with Crippen LogP contribution in [0, 0.1) is 6.92 Å². The largest absolute Gasteiger partial charge is 0.481 e. The maximum absolute atomic E-state index is 12.8. The number of Topliss-reactive ketones (excluding diaryl/α,β-unsaturated/α-hetero) is 1. The molecule has 3 aromatic rings. The van der Waals surface area contributed by atoms with Crippen LogP contribution >= 0.6 is 0 Å². The van der Waals surface area contributed by atoms with Crippen LogP contribution in [0.2, 0.25) is 0 Å². The monoisotopic (exact) mass is 379 g/mol. The van der Waals surface area contributed by atoms with Gasteiger partial charge in [-0.1, -0.05) is 36.4 Å². The first-order valence-electron chi connectivity index (χ1n) is 9.02. The highest BCUT2D eigenvalue weighted by atomic mass is 16.5. The van der Waals surface area contributed by atoms with Crippen molar-refractivity contribution in [2.45, 2.75) is 26.2 Å². The quantitative estimate of drug-likeness (QED) is 0.476. The number of H-pyrrole nitrogens is 1. The molecule has 0 amide bonds. The Morgan fingerprint density at radius 1 is 1.11 bits per heavy atom. The third-order valence-electron chi connectivity index (χ3n) is 4.72. The Morgan fingerprint density at radius 3 is 2.50 bits per heavy atom. The van der Waals surface area contributed by atoms with E-state index in [4.69, 9.17) is 4.74 Å². The first-order valence-corrected chi connectivity index (χ1v) is 9.02. The Kier molecular flexibility index (Phi) is 5.59. The molecule has 0 radical (unpaired) electrons. The number of benzene rings is 2. The number of aryl methyl sites for hydroxylation is 1. The second-order valence-electron chi connectivity index (χ2n) is 6.54. The number of rotatable bonds is 7. The van der Waals surface area contributed by atoms with Crippen LogP contribution in [0.3, 0.4) is 0 Å². The lowest BCUT2D eigenvalue weighted by atomic mass is 9.90. The number of aromatic amines is 1. The number of carbonyl (C=O) groups excluding carboxylic acids is 2. The lowest BCUT2D eigenvalue weighted by Crippen LogP contribution is -2.19. The first kappa shape index (κ1) is 19.4. The summed E-state index contributed by atoms with van der Waals surface area (Å²) in [4.78, 5) is 39.8. The van der Waals surface area contributed by atoms with E-state index in [9.17, 15) is 19.5 Å². The summed E-state index contributed by atoms with van der Waals surface area (Å²) in [5.41, 5.74) is 1.39. The molecular weight excluding hydrogens is 358 g/mol. The summed E-state index contributed by atoms with van der Waals surface area (Å²) in [6, 6.07) is 12.9. The van der Waals surface area contributed by atoms with Crippen LogP contribution < -0.4 is 0 Å². The predicted octanol–water partition coefficient (Wildman–Crippen LogP) is 4.09. The van der Waals surface area contributed by atoms with E-state index in [2.05, 4.69) is 4.98 Å². The predicted molar refractivity (Wildman–Crippen MR) is 105 cm³/mol. The van der Waals surface area contributed by atoms with Crippen LogP contribution in [0.4, 0.5) is 0 Å². The van der Waals surface area contributed by atoms with E-state index in [1.165, 1.54) is 6.20 Å². The zero-order valence-corrected chi connectivity index (χ0v) is 15.7. The molecule has 2 aromatic carbocycles. The molecule has 0 unspecified atom stereocenters. The number of ether oxygens (including phenoxy) is 1. The minimum absolute atomic E-state index is 0.177. The van der Waals surface area contributed by atoms with Crippen LogP contribution in [0.25, 0.3) is 10.8 Å². The molecule has 0 saturated heterocycles. The summed E-state index contributed by atoms with van der Waals surface area (Å²) in [6.45, 7) is 3.52. The summed E-state index contributed by atoms with van der Waals surface area (Å²) < 4.78 is 5.04. The SMILES string of the molecule is CCOC(=O)c1c([C@@H](CC(=O)c2ccc3ccccc3c2)C(=O)O)c[nH]c1C. The number of carboxylic acids is 1. The summed E-state index contributed by atoms with van der Waals surface area (Å²) in [7, 11) is 0. The van der Waals surface area contributed by atoms with Gasteiger partial charge >= 0.3 is 11.9 Å². The standard InChI is InChI=1S/C22H21NO5/c1-3-28-22(27)20-13(2)23-12-18(20)17(21(25)26)11-19(24)16-9-8-14-6-4-5-7-15(14)10-16/h4-10,12,17,23H,3,11H2,1-2H3,(H,25,26)/t17-/m1/s1. The minimum Gasteiger partial charge on any atom is -0.481 e. The molecule has 1 aromatic heterocycles. The third-order valence-corrected chi connectivity index (χ3v) is 4.72. The lowest BCUT2D eigenvalue weighted by molar-refractivity contribution is -0.138. The van der Waals surface area contributed by atoms with Crippen molar-refractivity contribution in [2.75, 3.05) is 6.61 Å². The van der Waals surface area contributed by atoms with Gasteiger partial charge in [0.05, 0.1) is 18.1 Å². The molecule has 3 rings (SSSR count). The fourth-order valence-electron chi connectivity index (χ4n) is 3.29. The van der Waals surface area contributed by atoms with Crippen LogP contribution in [0.5, 0.6) is 0 Å². The minimum atomic E-state index is -1.17. The zero-order chi connectivity index (χ0) is 20.3. The Labute approximate surface area is 162 Å². The number of carboxylic acid groups (broad SMARTS) is 1. The number of fused-ring (bicyclic) bond motifs is 1. The first-order chi connectivity index (χ1) is 13.4. The molecule has 0 aliphatic rings. The molecular formula is C22H21NO5. The molecule has 144 valence electrons. The molecule has 1 heterocycles. The molecule has 6 heteroatoms. The van der Waals surface area contributed by atoms with E-state index in [0.717, 1.165) is 10.8 Å². The molecule has 0 aliphatic heterocycles. The second-order valence-corrected chi connectivity index (χ2v) is 6.54. The molecule has 0 spiro atoms. The van der Waals surface area contributed by atoms with Gasteiger partial charge in [0.25, 0.3) is 0 Å². The highest BCUT2D eigenvalue weighted by Crippen LogP contribution is 2.29. The van der Waals surface area contributed by atoms with Crippen molar-refractivity contribution < 1.29 is 24.2 Å². The summed E-state index contributed by atoms with van der Waals surface area (Å²) in [5.74, 6) is -3.21. The van der Waals surface area contributed by atoms with Gasteiger partial charge in [0.2, 0.25) is 0 Å². The number of esters is 1. The molecule has 0 aliphatic carbocycles. The summed E-state index contributed by atoms with van der Waals surface area (Å²) in [6.07, 6.45) is 1.21. The van der Waals surface area contributed by atoms with Crippen LogP contribution in [0.1, 0.15) is 51.2 Å². The van der Waals surface area contributed by atoms with E-state index >= 15 is 0 Å². The van der Waals surface area contributed by atoms with Gasteiger partial charge < -0.3 is 14.8 Å². The molecule has 6 nitrogen and oxygen atoms in total. The van der Waals surface area contributed by atoms with Crippen molar-refractivity contribution in [2.24, 2.45) is 0 Å². The number of hydrogen-bond donors (Lipinski definition) is 2. The topological polar surface area (TPSA) is 96.5 Å². The fraction of sp³-hybridized carbons (Fsp3) is 0.227. The molecule has 0 bridgehead atoms. The Hall–Kier alpha value is -3.41. The molecule has 2 N–H and O–H groups in total. The van der Waals surface area contributed by atoms with Gasteiger partial charge in [-0.25, -0.2) is 4.79 Å². The number of nitrogens with one attached hydrogen (secondary N) is 1. The van der Waals surface area contributed by atoms with Gasteiger partial charge in [-0.2, -0.15) is 0 Å². The molecule has 0 saturated carbocycles. The number of carbonyl (C=O) groups is 3. The van der Waals surface area contributed by atoms with Crippen LogP contribution in [0.15, 0.2) is 48.7 Å². The second kappa shape index (κ2) is 8.08. The lowest BCUT2D eigenvalue weighted by Gasteiger charge is -2.13. The normalized spacial score (nSPS) is 11.9. The van der Waals surface area contributed by atoms with Crippen molar-refractivity contribution in [3.05, 3.63) is 71.0 Å². The third kappa shape index (κ3) is 3.81. The maximum Gasteiger partial charge on any atom is 0.340 e. The van der Waals surface area contributed by atoms with Gasteiger partial charge in [-0.05, 0) is 36.2 Å². The van der Waals surface area contributed by atoms with E-state index in [1.54, 1.807) is 26.0 Å². The summed E-state index contributed by atoms with van der Waals surface area (Å²) in [5, 5.41) is 11.6. The smallest absolute Gasteiger partial charge is 0.340 e. The van der Waals surface area contributed by atoms with Crippen molar-refractivity contribution in [1.29, 1.82) is 0 Å². The van der Waals surface area contributed by atoms with Crippen molar-refractivity contribution in [3.8, 4) is 0 Å². The van der Waals surface area contributed by atoms with Crippen molar-refractivity contribution in [1.82, 2.24) is 4.98 Å². The van der Waals surface area contributed by atoms with E-state index in [-0.39, 0.29) is 29.9 Å². The highest BCUT2D eigenvalue weighted by Gasteiger charge is 2.30. The van der Waals surface area contributed by atoms with E-state index in [0.29, 0.717) is 11.3 Å². The maximum atomic E-state index is 12.8. The number of aliphatic carboxylic acids is 1. The number of aromatic nitrogens is 1. The van der Waals surface area contributed by atoms with Crippen LogP contribution in [-0.4, -0.2) is 34.4 Å². The molecule has 28 heavy (non-hydrogen) atoms. The fourth-order valence-corrected chi connectivity index (χ4v) is 3.29.